The monoisotopic (exact) mass is 228 g/mol. The van der Waals surface area contributed by atoms with E-state index in [9.17, 15) is 0 Å². The molecule has 2 aromatic heterocycles. The van der Waals surface area contributed by atoms with E-state index in [1.807, 2.05) is 0 Å². The standard InChI is InChI=1S/C8H6Cl2N4/c9-7(10)6-2-5-14(13-6)8-11-3-1-4-12-8/h1-5,7H. The summed E-state index contributed by atoms with van der Waals surface area (Å²) in [4.78, 5) is 7.42. The Hall–Kier alpha value is -1.13. The van der Waals surface area contributed by atoms with Crippen LogP contribution in [0.4, 0.5) is 0 Å². The maximum absolute atomic E-state index is 5.65. The Bertz CT molecular complexity index is 412. The number of rotatable bonds is 2. The highest BCUT2D eigenvalue weighted by Crippen LogP contribution is 2.22. The predicted octanol–water partition coefficient (Wildman–Crippen LogP) is 2.14. The van der Waals surface area contributed by atoms with Gasteiger partial charge in [0.2, 0.25) is 5.95 Å². The second-order valence-corrected chi connectivity index (χ2v) is 3.63. The van der Waals surface area contributed by atoms with Crippen molar-refractivity contribution in [3.63, 3.8) is 0 Å². The molecule has 4 nitrogen and oxygen atoms in total. The number of hydrogen-bond acceptors (Lipinski definition) is 3. The van der Waals surface area contributed by atoms with E-state index in [4.69, 9.17) is 23.2 Å². The minimum atomic E-state index is -0.625. The first-order valence-electron chi connectivity index (χ1n) is 3.88. The van der Waals surface area contributed by atoms with Crippen LogP contribution in [0.5, 0.6) is 0 Å². The Kier molecular flexibility index (Phi) is 2.65. The van der Waals surface area contributed by atoms with Crippen molar-refractivity contribution in [2.45, 2.75) is 4.84 Å². The molecule has 2 aromatic rings. The van der Waals surface area contributed by atoms with Crippen molar-refractivity contribution in [2.24, 2.45) is 0 Å². The summed E-state index contributed by atoms with van der Waals surface area (Å²) in [6.07, 6.45) is 4.99. The summed E-state index contributed by atoms with van der Waals surface area (Å²) in [6, 6.07) is 3.46. The average Bonchev–Trinajstić information content (AvgIpc) is 2.68. The molecule has 0 unspecified atom stereocenters. The summed E-state index contributed by atoms with van der Waals surface area (Å²) in [7, 11) is 0. The van der Waals surface area contributed by atoms with Crippen LogP contribution in [0.15, 0.2) is 30.7 Å². The molecule has 0 aliphatic rings. The first-order chi connectivity index (χ1) is 6.77. The molecule has 0 atom stereocenters. The third-order valence-corrected chi connectivity index (χ3v) is 2.04. The highest BCUT2D eigenvalue weighted by molar-refractivity contribution is 6.43. The number of alkyl halides is 2. The number of aromatic nitrogens is 4. The zero-order valence-electron chi connectivity index (χ0n) is 7.01. The maximum atomic E-state index is 5.65. The maximum Gasteiger partial charge on any atom is 0.250 e. The molecule has 14 heavy (non-hydrogen) atoms. The Morgan fingerprint density at radius 1 is 1.21 bits per heavy atom. The second kappa shape index (κ2) is 3.94. The molecule has 0 aromatic carbocycles. The molecule has 0 saturated heterocycles. The fourth-order valence-corrected chi connectivity index (χ4v) is 1.21. The van der Waals surface area contributed by atoms with Crippen LogP contribution in [0.2, 0.25) is 0 Å². The molecule has 72 valence electrons. The molecular weight excluding hydrogens is 223 g/mol. The topological polar surface area (TPSA) is 43.6 Å². The Labute approximate surface area is 90.5 Å². The van der Waals surface area contributed by atoms with E-state index in [-0.39, 0.29) is 0 Å². The normalized spacial score (nSPS) is 10.8. The number of halogens is 2. The summed E-state index contributed by atoms with van der Waals surface area (Å²) < 4.78 is 1.52. The molecule has 0 aliphatic heterocycles. The lowest BCUT2D eigenvalue weighted by Gasteiger charge is -1.97. The molecule has 0 fully saturated rings. The van der Waals surface area contributed by atoms with Crippen molar-refractivity contribution in [2.75, 3.05) is 0 Å². The lowest BCUT2D eigenvalue weighted by atomic mass is 10.5. The minimum absolute atomic E-state index is 0.493. The number of hydrogen-bond donors (Lipinski definition) is 0. The van der Waals surface area contributed by atoms with Gasteiger partial charge in [0, 0.05) is 18.6 Å². The molecule has 2 rings (SSSR count). The van der Waals surface area contributed by atoms with Gasteiger partial charge in [0.15, 0.2) is 4.84 Å². The smallest absolute Gasteiger partial charge is 0.220 e. The van der Waals surface area contributed by atoms with Crippen LogP contribution in [-0.2, 0) is 0 Å². The third-order valence-electron chi connectivity index (χ3n) is 1.59. The fraction of sp³-hybridized carbons (Fsp3) is 0.125. The SMILES string of the molecule is ClC(Cl)c1ccn(-c2ncccn2)n1. The quantitative estimate of drug-likeness (QED) is 0.741. The summed E-state index contributed by atoms with van der Waals surface area (Å²) >= 11 is 11.3. The van der Waals surface area contributed by atoms with Crippen molar-refractivity contribution < 1.29 is 0 Å². The lowest BCUT2D eigenvalue weighted by Crippen LogP contribution is -2.01. The molecular formula is C8H6Cl2N4. The van der Waals surface area contributed by atoms with Gasteiger partial charge >= 0.3 is 0 Å². The Morgan fingerprint density at radius 2 is 1.93 bits per heavy atom. The van der Waals surface area contributed by atoms with Gasteiger partial charge in [-0.05, 0) is 12.1 Å². The second-order valence-electron chi connectivity index (χ2n) is 2.53. The summed E-state index contributed by atoms with van der Waals surface area (Å²) in [5.41, 5.74) is 0.584. The van der Waals surface area contributed by atoms with E-state index in [1.54, 1.807) is 30.7 Å². The van der Waals surface area contributed by atoms with Crippen LogP contribution in [0, 0.1) is 0 Å². The van der Waals surface area contributed by atoms with Crippen LogP contribution in [0.1, 0.15) is 10.5 Å². The molecule has 0 spiro atoms. The average molecular weight is 229 g/mol. The van der Waals surface area contributed by atoms with Crippen LogP contribution in [-0.4, -0.2) is 19.7 Å². The lowest BCUT2D eigenvalue weighted by molar-refractivity contribution is 0.792. The van der Waals surface area contributed by atoms with E-state index >= 15 is 0 Å². The molecule has 0 radical (unpaired) electrons. The van der Waals surface area contributed by atoms with Gasteiger partial charge in [0.1, 0.15) is 0 Å². The van der Waals surface area contributed by atoms with Crippen LogP contribution >= 0.6 is 23.2 Å². The van der Waals surface area contributed by atoms with Crippen molar-refractivity contribution in [3.05, 3.63) is 36.4 Å². The van der Waals surface area contributed by atoms with Gasteiger partial charge < -0.3 is 0 Å². The number of nitrogens with zero attached hydrogens (tertiary/aromatic N) is 4. The largest absolute Gasteiger partial charge is 0.250 e. The van der Waals surface area contributed by atoms with E-state index < -0.39 is 4.84 Å². The van der Waals surface area contributed by atoms with Crippen molar-refractivity contribution >= 4 is 23.2 Å². The van der Waals surface area contributed by atoms with Gasteiger partial charge in [-0.2, -0.15) is 5.10 Å². The van der Waals surface area contributed by atoms with Crippen molar-refractivity contribution in [1.82, 2.24) is 19.7 Å². The Balaban J connectivity index is 2.34. The summed E-state index contributed by atoms with van der Waals surface area (Å²) in [5.74, 6) is 0.493. The predicted molar refractivity (Wildman–Crippen MR) is 53.6 cm³/mol. The minimum Gasteiger partial charge on any atom is -0.220 e. The van der Waals surface area contributed by atoms with Crippen molar-refractivity contribution in [1.29, 1.82) is 0 Å². The van der Waals surface area contributed by atoms with E-state index in [0.29, 0.717) is 11.6 Å². The first kappa shape index (κ1) is 9.43. The van der Waals surface area contributed by atoms with Crippen molar-refractivity contribution in [3.8, 4) is 5.95 Å². The molecule has 0 aliphatic carbocycles. The van der Waals surface area contributed by atoms with E-state index in [1.165, 1.54) is 4.68 Å². The van der Waals surface area contributed by atoms with Crippen LogP contribution in [0.3, 0.4) is 0 Å². The molecule has 0 bridgehead atoms. The van der Waals surface area contributed by atoms with Gasteiger partial charge in [0.05, 0.1) is 5.69 Å². The Morgan fingerprint density at radius 3 is 2.50 bits per heavy atom. The van der Waals surface area contributed by atoms with E-state index in [0.717, 1.165) is 0 Å². The van der Waals surface area contributed by atoms with E-state index in [2.05, 4.69) is 15.1 Å². The highest BCUT2D eigenvalue weighted by atomic mass is 35.5. The molecule has 0 N–H and O–H groups in total. The fourth-order valence-electron chi connectivity index (χ4n) is 0.975. The molecule has 0 saturated carbocycles. The van der Waals surface area contributed by atoms with Crippen LogP contribution < -0.4 is 0 Å². The van der Waals surface area contributed by atoms with Gasteiger partial charge in [-0.25, -0.2) is 14.6 Å². The third kappa shape index (κ3) is 1.86. The zero-order valence-corrected chi connectivity index (χ0v) is 8.52. The first-order valence-corrected chi connectivity index (χ1v) is 4.76. The summed E-state index contributed by atoms with van der Waals surface area (Å²) in [6.45, 7) is 0. The molecule has 2 heterocycles. The molecule has 6 heteroatoms. The zero-order chi connectivity index (χ0) is 9.97. The molecule has 0 amide bonds. The highest BCUT2D eigenvalue weighted by Gasteiger charge is 2.08. The summed E-state index contributed by atoms with van der Waals surface area (Å²) in [5, 5.41) is 4.11. The van der Waals surface area contributed by atoms with Gasteiger partial charge in [-0.15, -0.1) is 0 Å². The van der Waals surface area contributed by atoms with Gasteiger partial charge in [0.25, 0.3) is 0 Å². The van der Waals surface area contributed by atoms with Gasteiger partial charge in [-0.3, -0.25) is 0 Å². The van der Waals surface area contributed by atoms with Crippen LogP contribution in [0.25, 0.3) is 5.95 Å². The van der Waals surface area contributed by atoms with Gasteiger partial charge in [-0.1, -0.05) is 23.2 Å².